The van der Waals surface area contributed by atoms with Crippen LogP contribution >= 0.6 is 0 Å². The van der Waals surface area contributed by atoms with Gasteiger partial charge in [-0.2, -0.15) is 0 Å². The summed E-state index contributed by atoms with van der Waals surface area (Å²) in [6.45, 7) is 4.48. The van der Waals surface area contributed by atoms with E-state index in [-0.39, 0.29) is 25.9 Å². The molecule has 2 saturated heterocycles. The van der Waals surface area contributed by atoms with Gasteiger partial charge < -0.3 is 63.8 Å². The molecule has 0 saturated carbocycles. The van der Waals surface area contributed by atoms with E-state index < -0.39 is 105 Å². The monoisotopic (exact) mass is 1170 g/mol. The zero-order valence-corrected chi connectivity index (χ0v) is 51.4. The first-order chi connectivity index (χ1) is 40.5. The third-order valence-electron chi connectivity index (χ3n) is 14.9. The first-order valence-corrected chi connectivity index (χ1v) is 32.5. The Morgan fingerprint density at radius 1 is 0.422 bits per heavy atom. The van der Waals surface area contributed by atoms with Crippen LogP contribution in [-0.2, 0) is 47.5 Å². The second-order valence-electron chi connectivity index (χ2n) is 22.3. The molecule has 0 aromatic heterocycles. The van der Waals surface area contributed by atoms with Crippen molar-refractivity contribution < 1.29 is 78.2 Å². The third-order valence-corrected chi connectivity index (χ3v) is 14.9. The Hall–Kier alpha value is -3.55. The molecule has 0 aromatic rings. The lowest BCUT2D eigenvalue weighted by molar-refractivity contribution is -0.333. The van der Waals surface area contributed by atoms with Gasteiger partial charge in [0, 0.05) is 19.3 Å². The Kier molecular flexibility index (Phi) is 47.0. The summed E-state index contributed by atoms with van der Waals surface area (Å²) in [5.74, 6) is -1.61. The van der Waals surface area contributed by atoms with Crippen molar-refractivity contribution in [2.24, 2.45) is 0 Å². The van der Waals surface area contributed by atoms with E-state index in [0.29, 0.717) is 19.3 Å². The summed E-state index contributed by atoms with van der Waals surface area (Å²) in [5.41, 5.74) is 0. The fourth-order valence-electron chi connectivity index (χ4n) is 9.81. The average Bonchev–Trinajstić information content (AvgIpc) is 3.57. The van der Waals surface area contributed by atoms with Crippen molar-refractivity contribution in [3.8, 4) is 0 Å². The number of ether oxygens (including phenoxy) is 7. The van der Waals surface area contributed by atoms with Crippen molar-refractivity contribution in [2.75, 3.05) is 26.4 Å². The van der Waals surface area contributed by atoms with E-state index in [1.165, 1.54) is 57.8 Å². The van der Waals surface area contributed by atoms with Gasteiger partial charge in [-0.25, -0.2) is 0 Å². The quantitative estimate of drug-likeness (QED) is 0.0144. The predicted molar refractivity (Wildman–Crippen MR) is 326 cm³/mol. The van der Waals surface area contributed by atoms with E-state index in [0.717, 1.165) is 122 Å². The highest BCUT2D eigenvalue weighted by Crippen LogP contribution is 2.28. The van der Waals surface area contributed by atoms with E-state index in [2.05, 4.69) is 93.7 Å². The molecule has 11 atom stereocenters. The number of hydrogen-bond donors (Lipinski definition) is 6. The topological polar surface area (TPSA) is 237 Å². The van der Waals surface area contributed by atoms with Gasteiger partial charge in [-0.05, 0) is 83.5 Å². The van der Waals surface area contributed by atoms with E-state index in [1.807, 2.05) is 0 Å². The number of unbranched alkanes of at least 4 members (excludes halogenated alkanes) is 22. The van der Waals surface area contributed by atoms with Crippen LogP contribution in [0.3, 0.4) is 0 Å². The van der Waals surface area contributed by atoms with Crippen molar-refractivity contribution in [3.05, 3.63) is 72.9 Å². The molecule has 2 aliphatic heterocycles. The van der Waals surface area contributed by atoms with Crippen LogP contribution < -0.4 is 0 Å². The Morgan fingerprint density at radius 3 is 1.34 bits per heavy atom. The first-order valence-electron chi connectivity index (χ1n) is 32.5. The van der Waals surface area contributed by atoms with Crippen LogP contribution in [0.5, 0.6) is 0 Å². The molecule has 16 heteroatoms. The number of allylic oxidation sites excluding steroid dienone is 12. The van der Waals surface area contributed by atoms with Crippen molar-refractivity contribution in [1.82, 2.24) is 0 Å². The first kappa shape index (κ1) is 75.5. The summed E-state index contributed by atoms with van der Waals surface area (Å²) >= 11 is 0. The number of aliphatic hydroxyl groups excluding tert-OH is 6. The smallest absolute Gasteiger partial charge is 0.306 e. The molecule has 0 radical (unpaired) electrons. The minimum atomic E-state index is -1.80. The molecule has 2 heterocycles. The summed E-state index contributed by atoms with van der Waals surface area (Å²) < 4.78 is 40.0. The Balaban J connectivity index is 1.91. The number of carbonyl (C=O) groups is 3. The van der Waals surface area contributed by atoms with Gasteiger partial charge in [-0.15, -0.1) is 0 Å². The maximum absolute atomic E-state index is 13.2. The number of rotatable bonds is 51. The zero-order valence-electron chi connectivity index (χ0n) is 51.4. The van der Waals surface area contributed by atoms with Gasteiger partial charge in [0.25, 0.3) is 0 Å². The standard InChI is InChI=1S/C67H114O16/c1-4-7-10-13-16-19-22-25-27-30-33-36-39-42-45-48-58(70)80-54(51-77-57(69)47-44-41-38-35-32-29-24-21-18-15-12-9-6-3)52-78-66-63(75)62(74)60(72)56(82-66)53-79-67-64(76)65(61(73)55(50-68)81-67)83-59(71)49-46-43-40-37-34-31-28-26-23-20-17-14-11-8-5-2/h7-8,10-11,16-17,19-20,25-28,54-56,60-68,72-76H,4-6,9,12-15,18,21-24,29-53H2,1-3H3/b10-7-,11-8-,19-16-,20-17-,27-25-,28-26-/t54-,55-,56-,60-,61+,62+,63-,64-,65-,66-,67+/m1/s1. The van der Waals surface area contributed by atoms with Crippen LogP contribution in [0.1, 0.15) is 239 Å². The molecule has 2 rings (SSSR count). The number of carbonyl (C=O) groups excluding carboxylic acids is 3. The van der Waals surface area contributed by atoms with Crippen LogP contribution in [0, 0.1) is 0 Å². The van der Waals surface area contributed by atoms with Crippen molar-refractivity contribution in [1.29, 1.82) is 0 Å². The van der Waals surface area contributed by atoms with Gasteiger partial charge in [-0.1, -0.05) is 209 Å². The molecule has 0 bridgehead atoms. The Labute approximate surface area is 500 Å². The molecule has 2 aliphatic rings. The highest BCUT2D eigenvalue weighted by Gasteiger charge is 2.49. The van der Waals surface area contributed by atoms with Crippen LogP contribution in [0.15, 0.2) is 72.9 Å². The summed E-state index contributed by atoms with van der Waals surface area (Å²) in [6.07, 6.45) is 41.2. The predicted octanol–water partition coefficient (Wildman–Crippen LogP) is 12.3. The minimum absolute atomic E-state index is 0.0486. The van der Waals surface area contributed by atoms with E-state index in [9.17, 15) is 45.0 Å². The van der Waals surface area contributed by atoms with E-state index >= 15 is 0 Å². The molecule has 478 valence electrons. The van der Waals surface area contributed by atoms with Crippen LogP contribution in [0.2, 0.25) is 0 Å². The van der Waals surface area contributed by atoms with Crippen LogP contribution in [0.25, 0.3) is 0 Å². The van der Waals surface area contributed by atoms with Crippen molar-refractivity contribution in [3.63, 3.8) is 0 Å². The minimum Gasteiger partial charge on any atom is -0.462 e. The van der Waals surface area contributed by atoms with Crippen molar-refractivity contribution in [2.45, 2.75) is 307 Å². The van der Waals surface area contributed by atoms with Crippen molar-refractivity contribution >= 4 is 17.9 Å². The second-order valence-corrected chi connectivity index (χ2v) is 22.3. The molecule has 0 aromatic carbocycles. The van der Waals surface area contributed by atoms with Gasteiger partial charge >= 0.3 is 17.9 Å². The number of aliphatic hydroxyl groups is 6. The molecule has 0 aliphatic carbocycles. The average molecular weight is 1180 g/mol. The molecule has 0 unspecified atom stereocenters. The van der Waals surface area contributed by atoms with Gasteiger partial charge in [-0.3, -0.25) is 14.4 Å². The van der Waals surface area contributed by atoms with Gasteiger partial charge in [0.15, 0.2) is 24.8 Å². The lowest BCUT2D eigenvalue weighted by atomic mass is 9.98. The van der Waals surface area contributed by atoms with Gasteiger partial charge in [0.05, 0.1) is 19.8 Å². The van der Waals surface area contributed by atoms with E-state index in [4.69, 9.17) is 33.2 Å². The molecule has 16 nitrogen and oxygen atoms in total. The largest absolute Gasteiger partial charge is 0.462 e. The third kappa shape index (κ3) is 37.6. The van der Waals surface area contributed by atoms with Crippen LogP contribution in [0.4, 0.5) is 0 Å². The van der Waals surface area contributed by atoms with Crippen LogP contribution in [-0.4, -0.2) is 142 Å². The lowest BCUT2D eigenvalue weighted by Gasteiger charge is -2.43. The normalized spacial score (nSPS) is 23.7. The number of esters is 3. The Bertz CT molecular complexity index is 1780. The summed E-state index contributed by atoms with van der Waals surface area (Å²) in [4.78, 5) is 39.0. The van der Waals surface area contributed by atoms with Gasteiger partial charge in [0.2, 0.25) is 0 Å². The fourth-order valence-corrected chi connectivity index (χ4v) is 9.81. The second kappa shape index (κ2) is 51.7. The highest BCUT2D eigenvalue weighted by molar-refractivity contribution is 5.70. The zero-order chi connectivity index (χ0) is 60.4. The molecular weight excluding hydrogens is 1060 g/mol. The summed E-state index contributed by atoms with van der Waals surface area (Å²) in [7, 11) is 0. The SMILES string of the molecule is CC/C=C\C/C=C\C/C=C\CCCCCCCC(=O)O[C@H](COC(=O)CCCCCCCCCCCCCCC)CO[C@@H]1O[C@H](CO[C@H]2O[C@H](CO)[C@H](O)[C@@H](OC(=O)CCCCCCC/C=C\C/C=C\C/C=C\CC)[C@H]2O)[C@@H](O)[C@H](O)[C@H]1O. The summed E-state index contributed by atoms with van der Waals surface area (Å²) in [6, 6.07) is 0. The maximum Gasteiger partial charge on any atom is 0.306 e. The molecule has 0 amide bonds. The maximum atomic E-state index is 13.2. The summed E-state index contributed by atoms with van der Waals surface area (Å²) in [5, 5.41) is 65.0. The Morgan fingerprint density at radius 2 is 0.843 bits per heavy atom. The fraction of sp³-hybridized carbons (Fsp3) is 0.776. The molecule has 0 spiro atoms. The van der Waals surface area contributed by atoms with Gasteiger partial charge in [0.1, 0.15) is 49.3 Å². The molecule has 83 heavy (non-hydrogen) atoms. The number of hydrogen-bond acceptors (Lipinski definition) is 16. The lowest BCUT2D eigenvalue weighted by Crippen LogP contribution is -2.62. The molecule has 6 N–H and O–H groups in total. The molecular formula is C67H114O16. The van der Waals surface area contributed by atoms with E-state index in [1.54, 1.807) is 0 Å². The highest BCUT2D eigenvalue weighted by atomic mass is 16.7. The molecule has 2 fully saturated rings.